The number of amides is 5. The zero-order chi connectivity index (χ0) is 75.0. The van der Waals surface area contributed by atoms with Crippen LogP contribution in [0.25, 0.3) is 0 Å². The number of nitrogens with zero attached hydrogens (tertiary/aromatic N) is 8. The maximum Gasteiger partial charge on any atom is 0.324 e. The lowest BCUT2D eigenvalue weighted by molar-refractivity contribution is 0.112. The maximum absolute atomic E-state index is 13.2. The summed E-state index contributed by atoms with van der Waals surface area (Å²) in [6.07, 6.45) is 0.751. The summed E-state index contributed by atoms with van der Waals surface area (Å²) in [7, 11) is 5.19. The Morgan fingerprint density at radius 1 is 0.356 bits per heavy atom. The van der Waals surface area contributed by atoms with Gasteiger partial charge in [-0.15, -0.1) is 0 Å². The quantitative estimate of drug-likeness (QED) is 0.0419. The molecule has 0 saturated carbocycles. The molecule has 11 aromatic carbocycles. The highest BCUT2D eigenvalue weighted by Gasteiger charge is 2.22. The first-order valence-corrected chi connectivity index (χ1v) is 34.4. The number of nitriles is 3. The van der Waals surface area contributed by atoms with Crippen LogP contribution in [0, 0.1) is 34.0 Å². The van der Waals surface area contributed by atoms with Gasteiger partial charge in [0, 0.05) is 116 Å². The van der Waals surface area contributed by atoms with Crippen LogP contribution >= 0.6 is 58.0 Å². The Balaban J connectivity index is 0.000000207. The molecule has 0 spiro atoms. The predicted molar refractivity (Wildman–Crippen MR) is 423 cm³/mol. The van der Waals surface area contributed by atoms with Gasteiger partial charge in [0.1, 0.15) is 6.29 Å². The van der Waals surface area contributed by atoms with E-state index in [1.807, 2.05) is 260 Å². The van der Waals surface area contributed by atoms with E-state index in [0.29, 0.717) is 71.6 Å². The summed E-state index contributed by atoms with van der Waals surface area (Å²) in [6.45, 7) is 4.56. The number of urea groups is 2. The summed E-state index contributed by atoms with van der Waals surface area (Å²) in [6, 6.07) is 94.2. The number of nitrogens with one attached hydrogen (secondary N) is 1. The van der Waals surface area contributed by atoms with Crippen molar-refractivity contribution >= 4 is 98.8 Å². The van der Waals surface area contributed by atoms with Crippen LogP contribution in [0.1, 0.15) is 71.6 Å². The first-order valence-electron chi connectivity index (χ1n) is 32.6. The number of aldehydes is 1. The molecule has 0 radical (unpaired) electrons. The predicted octanol–water partition coefficient (Wildman–Crippen LogP) is 19.7. The van der Waals surface area contributed by atoms with Crippen molar-refractivity contribution in [2.24, 2.45) is 11.5 Å². The third-order valence-electron chi connectivity index (χ3n) is 15.5. The minimum atomic E-state index is -0.476. The smallest absolute Gasteiger partial charge is 0.324 e. The lowest BCUT2D eigenvalue weighted by Gasteiger charge is -2.28. The van der Waals surface area contributed by atoms with Crippen LogP contribution in [-0.2, 0) is 52.4 Å². The highest BCUT2D eigenvalue weighted by molar-refractivity contribution is 6.66. The standard InChI is InChI=1S/C23H24ClN3O.C23H20ClN3O.C15H13ClN2.C8H8ClNO.C8H5NO.C7H8ClN/c2*1-26(22-5-3-2-4-6-22)23(28)27(17-20-11-13-21(24)14-12-20)16-19-9-7-18(15-25)8-10-19;16-15-7-5-14(6-8-15)11-18-10-13-3-1-12(9-17)2-4-13;1-10(8(9)11)7-5-3-2-4-6-7;9-5-7-1-3-8(6-10)4-2-7;8-7-3-1-6(5-9)2-4-7/h2-14H,15-17,25H2,1H3;2-14H,16-17H2,1H3;1-8,18H,10-11H2;2-6H,1H3;1-4,6H;1-4H,5,9H2. The first kappa shape index (κ1) is 81.9. The topological polar surface area (TPSA) is 220 Å². The van der Waals surface area contributed by atoms with E-state index in [1.54, 1.807) is 72.2 Å². The zero-order valence-electron chi connectivity index (χ0n) is 57.6. The second kappa shape index (κ2) is 45.0. The Kier molecular flexibility index (Phi) is 35.4. The Labute approximate surface area is 634 Å². The van der Waals surface area contributed by atoms with Crippen LogP contribution < -0.4 is 31.5 Å². The molecule has 20 heteroatoms. The summed E-state index contributed by atoms with van der Waals surface area (Å²) in [4.78, 5) is 55.5. The van der Waals surface area contributed by atoms with Gasteiger partial charge >= 0.3 is 17.4 Å². The van der Waals surface area contributed by atoms with E-state index >= 15 is 0 Å². The lowest BCUT2D eigenvalue weighted by Crippen LogP contribution is -2.40. The maximum atomic E-state index is 13.2. The number of halogens is 5. The van der Waals surface area contributed by atoms with Gasteiger partial charge in [0.15, 0.2) is 0 Å². The second-order valence-electron chi connectivity index (χ2n) is 23.0. The highest BCUT2D eigenvalue weighted by Crippen LogP contribution is 2.23. The van der Waals surface area contributed by atoms with Crippen LogP contribution in [-0.4, -0.2) is 54.7 Å². The van der Waals surface area contributed by atoms with Crippen molar-refractivity contribution in [1.29, 1.82) is 15.8 Å². The van der Waals surface area contributed by atoms with E-state index in [2.05, 4.69) is 17.5 Å². The molecule has 0 aliphatic carbocycles. The average molecular weight is 1480 g/mol. The number of hydrogen-bond acceptors (Lipinski definition) is 10. The number of carbonyl (C=O) groups excluding carboxylic acids is 4. The molecule has 0 aliphatic heterocycles. The molecule has 11 rings (SSSR count). The molecule has 0 bridgehead atoms. The van der Waals surface area contributed by atoms with Crippen molar-refractivity contribution in [3.8, 4) is 18.2 Å². The summed E-state index contributed by atoms with van der Waals surface area (Å²) < 4.78 is 0. The van der Waals surface area contributed by atoms with Crippen molar-refractivity contribution in [2.45, 2.75) is 52.4 Å². The van der Waals surface area contributed by atoms with E-state index in [0.717, 1.165) is 79.9 Å². The number of anilines is 3. The minimum Gasteiger partial charge on any atom is -0.326 e. The van der Waals surface area contributed by atoms with Gasteiger partial charge in [-0.3, -0.25) is 19.4 Å². The fourth-order valence-corrected chi connectivity index (χ4v) is 10.1. The molecule has 104 heavy (non-hydrogen) atoms. The van der Waals surface area contributed by atoms with Gasteiger partial charge in [0.05, 0.1) is 34.9 Å². The van der Waals surface area contributed by atoms with E-state index in [9.17, 15) is 19.2 Å². The van der Waals surface area contributed by atoms with E-state index in [1.165, 1.54) is 16.0 Å². The van der Waals surface area contributed by atoms with Crippen LogP contribution in [0.5, 0.6) is 0 Å². The third kappa shape index (κ3) is 29.1. The number of rotatable bonds is 18. The summed E-state index contributed by atoms with van der Waals surface area (Å²) >= 11 is 28.7. The number of nitrogens with two attached hydrogens (primary N) is 2. The molecule has 0 atom stereocenters. The van der Waals surface area contributed by atoms with Crippen molar-refractivity contribution < 1.29 is 19.2 Å². The summed E-state index contributed by atoms with van der Waals surface area (Å²) in [5.74, 6) is 0. The van der Waals surface area contributed by atoms with Crippen LogP contribution in [0.4, 0.5) is 31.4 Å². The number of carbonyl (C=O) groups is 4. The molecule has 0 heterocycles. The van der Waals surface area contributed by atoms with Gasteiger partial charge in [0.25, 0.3) is 0 Å². The lowest BCUT2D eigenvalue weighted by atomic mass is 10.1. The van der Waals surface area contributed by atoms with Gasteiger partial charge in [-0.2, -0.15) is 15.8 Å². The molecule has 11 aromatic rings. The van der Waals surface area contributed by atoms with Crippen LogP contribution in [0.15, 0.2) is 285 Å². The highest BCUT2D eigenvalue weighted by atomic mass is 35.5. The summed E-state index contributed by atoms with van der Waals surface area (Å²) in [5.41, 5.74) is 24.6. The Bertz CT molecular complexity index is 4510. The zero-order valence-corrected chi connectivity index (χ0v) is 61.4. The van der Waals surface area contributed by atoms with Crippen LogP contribution in [0.2, 0.25) is 20.1 Å². The Hall–Kier alpha value is -11.1. The molecule has 0 aliphatic rings. The molecule has 0 saturated heterocycles. The number of hydrogen-bond donors (Lipinski definition) is 3. The number of para-hydroxylation sites is 3. The fraction of sp³-hybridized carbons (Fsp3) is 0.131. The van der Waals surface area contributed by atoms with E-state index in [-0.39, 0.29) is 12.1 Å². The minimum absolute atomic E-state index is 0.0657. The molecular formula is C84H78Cl5N11O4. The molecule has 5 amide bonds. The van der Waals surface area contributed by atoms with Crippen molar-refractivity contribution in [3.05, 3.63) is 372 Å². The monoisotopic (exact) mass is 1480 g/mol. The van der Waals surface area contributed by atoms with E-state index < -0.39 is 5.37 Å². The number of benzene rings is 11. The largest absolute Gasteiger partial charge is 0.326 e. The molecule has 15 nitrogen and oxygen atoms in total. The molecular weight excluding hydrogens is 1400 g/mol. The van der Waals surface area contributed by atoms with Gasteiger partial charge in [-0.25, -0.2) is 9.59 Å². The van der Waals surface area contributed by atoms with Gasteiger partial charge in [-0.05, 0) is 177 Å². The van der Waals surface area contributed by atoms with Crippen molar-refractivity contribution in [3.63, 3.8) is 0 Å². The molecule has 0 fully saturated rings. The molecule has 0 unspecified atom stereocenters. The van der Waals surface area contributed by atoms with Crippen molar-refractivity contribution in [1.82, 2.24) is 15.1 Å². The Morgan fingerprint density at radius 2 is 0.596 bits per heavy atom. The first-order chi connectivity index (χ1) is 50.3. The van der Waals surface area contributed by atoms with Gasteiger partial charge in [-0.1, -0.05) is 210 Å². The molecule has 5 N–H and O–H groups in total. The van der Waals surface area contributed by atoms with Crippen molar-refractivity contribution in [2.75, 3.05) is 35.8 Å². The Morgan fingerprint density at radius 3 is 0.875 bits per heavy atom. The van der Waals surface area contributed by atoms with Gasteiger partial charge in [0.2, 0.25) is 0 Å². The fourth-order valence-electron chi connectivity index (χ4n) is 9.52. The molecule has 528 valence electrons. The summed E-state index contributed by atoms with van der Waals surface area (Å²) in [5, 5.41) is 31.8. The second-order valence-corrected chi connectivity index (χ2v) is 25.1. The SMILES string of the molecule is CN(C(=O)Cl)c1ccccc1.CN(C(=O)N(Cc1ccc(Cl)cc1)Cc1ccc(C#N)cc1)c1ccccc1.CN(C(=O)N(Cc1ccc(Cl)cc1)Cc1ccc(CN)cc1)c1ccccc1.N#Cc1ccc(C=O)cc1.N#Cc1ccc(CNCc2ccc(Cl)cc2)cc1.NCc1ccc(Cl)cc1. The normalized spacial score (nSPS) is 9.91. The van der Waals surface area contributed by atoms with E-state index in [4.69, 9.17) is 85.3 Å². The van der Waals surface area contributed by atoms with Crippen LogP contribution in [0.3, 0.4) is 0 Å². The average Bonchev–Trinajstić information content (AvgIpc) is 0.846. The molecule has 0 aromatic heterocycles. The third-order valence-corrected chi connectivity index (χ3v) is 16.7. The van der Waals surface area contributed by atoms with Gasteiger partial charge < -0.3 is 31.5 Å².